The SMILES string of the molecule is CCCCCCCCN1C(=O)c2c(-c3ccc(C)s3)sc(-c3ccc(-c4cc5c(OCC(CC)CCCC)c6sc(C)cc6c(OCC(CC)CCCC)c5s4)s3)c2C1=O. The van der Waals surface area contributed by atoms with Crippen LogP contribution in [0.25, 0.3) is 49.4 Å². The molecule has 0 bridgehead atoms. The van der Waals surface area contributed by atoms with Gasteiger partial charge in [-0.25, -0.2) is 0 Å². The molecular formula is C50H63NO4S5. The Kier molecular flexibility index (Phi) is 15.7. The van der Waals surface area contributed by atoms with Gasteiger partial charge in [0.25, 0.3) is 11.8 Å². The van der Waals surface area contributed by atoms with Crippen molar-refractivity contribution < 1.29 is 19.1 Å². The number of nitrogens with zero attached hydrogens (tertiary/aromatic N) is 1. The Hall–Kier alpha value is -3.02. The summed E-state index contributed by atoms with van der Waals surface area (Å²) in [6.07, 6.45) is 16.0. The van der Waals surface area contributed by atoms with Crippen LogP contribution < -0.4 is 9.47 Å². The third kappa shape index (κ3) is 9.63. The van der Waals surface area contributed by atoms with Crippen LogP contribution in [0.1, 0.15) is 155 Å². The van der Waals surface area contributed by atoms with Crippen LogP contribution in [-0.2, 0) is 0 Å². The maximum absolute atomic E-state index is 14.3. The molecule has 7 rings (SSSR count). The molecule has 0 N–H and O–H groups in total. The van der Waals surface area contributed by atoms with Crippen LogP contribution in [0.5, 0.6) is 11.5 Å². The zero-order valence-electron chi connectivity index (χ0n) is 36.8. The molecule has 2 atom stereocenters. The largest absolute Gasteiger partial charge is 0.491 e. The molecule has 1 aromatic carbocycles. The van der Waals surface area contributed by atoms with Crippen LogP contribution in [0.2, 0.25) is 0 Å². The standard InChI is InChI=1S/C50H63NO4S5/c1-8-13-16-17-18-19-26-51-49(52)41-42(50(51)53)48(60-47(41)38-23-22-31(6)56-38)39-25-24-37(58-39)40-28-36-44(55-30-34(12-5)21-15-10-3)45-35(27-32(7)57-45)43(46(36)59-40)54-29-33(11-4)20-14-9-2/h22-25,27-28,33-34H,8-21,26,29-30H2,1-7H3. The Morgan fingerprint density at radius 1 is 0.533 bits per heavy atom. The summed E-state index contributed by atoms with van der Waals surface area (Å²) in [4.78, 5) is 38.6. The van der Waals surface area contributed by atoms with Gasteiger partial charge >= 0.3 is 0 Å². The van der Waals surface area contributed by atoms with E-state index >= 15 is 0 Å². The molecule has 0 fully saturated rings. The Labute approximate surface area is 378 Å². The average molecular weight is 902 g/mol. The van der Waals surface area contributed by atoms with E-state index in [4.69, 9.17) is 9.47 Å². The minimum absolute atomic E-state index is 0.135. The van der Waals surface area contributed by atoms with Gasteiger partial charge in [0.1, 0.15) is 11.5 Å². The molecule has 0 saturated heterocycles. The predicted molar refractivity (Wildman–Crippen MR) is 263 cm³/mol. The summed E-state index contributed by atoms with van der Waals surface area (Å²) in [5, 5.41) is 2.28. The molecule has 0 spiro atoms. The fourth-order valence-corrected chi connectivity index (χ4v) is 14.0. The molecule has 0 radical (unpaired) electrons. The monoisotopic (exact) mass is 901 g/mol. The molecule has 5 aromatic heterocycles. The lowest BCUT2D eigenvalue weighted by atomic mass is 10.0. The van der Waals surface area contributed by atoms with E-state index in [1.165, 1.54) is 77.1 Å². The van der Waals surface area contributed by atoms with Crippen molar-refractivity contribution in [2.45, 2.75) is 138 Å². The average Bonchev–Trinajstić information content (AvgIpc) is 4.11. The molecule has 6 aromatic rings. The molecule has 0 saturated carbocycles. The summed E-state index contributed by atoms with van der Waals surface area (Å²) >= 11 is 8.60. The van der Waals surface area contributed by atoms with E-state index in [9.17, 15) is 9.59 Å². The number of carbonyl (C=O) groups is 2. The van der Waals surface area contributed by atoms with Crippen molar-refractivity contribution in [1.82, 2.24) is 4.90 Å². The van der Waals surface area contributed by atoms with Crippen molar-refractivity contribution in [2.24, 2.45) is 11.8 Å². The number of thiophene rings is 5. The van der Waals surface area contributed by atoms with Crippen molar-refractivity contribution in [2.75, 3.05) is 19.8 Å². The van der Waals surface area contributed by atoms with Crippen molar-refractivity contribution >= 4 is 88.7 Å². The van der Waals surface area contributed by atoms with Gasteiger partial charge in [-0.15, -0.1) is 56.7 Å². The minimum Gasteiger partial charge on any atom is -0.491 e. The number of rotatable bonds is 24. The van der Waals surface area contributed by atoms with E-state index in [-0.39, 0.29) is 11.8 Å². The minimum atomic E-state index is -0.140. The van der Waals surface area contributed by atoms with E-state index in [1.807, 2.05) is 11.3 Å². The number of aryl methyl sites for hydroxylation is 2. The lowest BCUT2D eigenvalue weighted by Crippen LogP contribution is -2.31. The summed E-state index contributed by atoms with van der Waals surface area (Å²) < 4.78 is 16.2. The number of carbonyl (C=O) groups excluding carboxylic acids is 2. The van der Waals surface area contributed by atoms with Gasteiger partial charge in [-0.05, 0) is 81.3 Å². The first kappa shape index (κ1) is 45.0. The van der Waals surface area contributed by atoms with Gasteiger partial charge in [-0.2, -0.15) is 0 Å². The topological polar surface area (TPSA) is 55.8 Å². The highest BCUT2D eigenvalue weighted by atomic mass is 32.1. The Bertz CT molecular complexity index is 2310. The van der Waals surface area contributed by atoms with Crippen LogP contribution in [-0.4, -0.2) is 36.5 Å². The van der Waals surface area contributed by atoms with Gasteiger partial charge in [0, 0.05) is 46.6 Å². The van der Waals surface area contributed by atoms with Gasteiger partial charge in [0.05, 0.1) is 43.5 Å². The van der Waals surface area contributed by atoms with E-state index in [2.05, 4.69) is 84.9 Å². The molecular weight excluding hydrogens is 839 g/mol. The van der Waals surface area contributed by atoms with Crippen molar-refractivity contribution in [1.29, 1.82) is 0 Å². The van der Waals surface area contributed by atoms with E-state index < -0.39 is 0 Å². The van der Waals surface area contributed by atoms with Crippen molar-refractivity contribution in [3.05, 3.63) is 57.3 Å². The van der Waals surface area contributed by atoms with Gasteiger partial charge in [0.15, 0.2) is 0 Å². The van der Waals surface area contributed by atoms with E-state index in [0.717, 1.165) is 88.3 Å². The number of amides is 2. The molecule has 0 aliphatic carbocycles. The normalized spacial score (nSPS) is 13.9. The quantitative estimate of drug-likeness (QED) is 0.0449. The lowest BCUT2D eigenvalue weighted by molar-refractivity contribution is 0.0652. The zero-order chi connectivity index (χ0) is 42.3. The van der Waals surface area contributed by atoms with Crippen LogP contribution in [0.15, 0.2) is 36.4 Å². The Morgan fingerprint density at radius 2 is 1.07 bits per heavy atom. The third-order valence-corrected chi connectivity index (χ3v) is 18.1. The van der Waals surface area contributed by atoms with Gasteiger partial charge < -0.3 is 9.47 Å². The summed E-state index contributed by atoms with van der Waals surface area (Å²) in [5.74, 6) is 2.72. The molecule has 6 heterocycles. The maximum Gasteiger partial charge on any atom is 0.263 e. The highest BCUT2D eigenvalue weighted by Gasteiger charge is 2.42. The number of fused-ring (bicyclic) bond motifs is 3. The van der Waals surface area contributed by atoms with Gasteiger partial charge in [-0.1, -0.05) is 105 Å². The number of hydrogen-bond acceptors (Lipinski definition) is 9. The van der Waals surface area contributed by atoms with Crippen LogP contribution in [0, 0.1) is 25.7 Å². The molecule has 2 unspecified atom stereocenters. The molecule has 2 amide bonds. The maximum atomic E-state index is 14.3. The second kappa shape index (κ2) is 20.9. The van der Waals surface area contributed by atoms with Crippen molar-refractivity contribution in [3.8, 4) is 40.8 Å². The number of ether oxygens (including phenoxy) is 2. The fraction of sp³-hybridized carbons (Fsp3) is 0.520. The highest BCUT2D eigenvalue weighted by molar-refractivity contribution is 7.30. The molecule has 1 aliphatic heterocycles. The number of benzene rings is 1. The molecule has 1 aliphatic rings. The fourth-order valence-electron chi connectivity index (χ4n) is 8.38. The van der Waals surface area contributed by atoms with Crippen molar-refractivity contribution in [3.63, 3.8) is 0 Å². The first-order valence-electron chi connectivity index (χ1n) is 22.7. The zero-order valence-corrected chi connectivity index (χ0v) is 40.8. The summed E-state index contributed by atoms with van der Waals surface area (Å²) in [5.41, 5.74) is 1.18. The van der Waals surface area contributed by atoms with Crippen LogP contribution in [0.3, 0.4) is 0 Å². The molecule has 5 nitrogen and oxygen atoms in total. The van der Waals surface area contributed by atoms with Crippen LogP contribution >= 0.6 is 56.7 Å². The summed E-state index contributed by atoms with van der Waals surface area (Å²) in [6, 6.07) is 13.2. The number of unbranched alkanes of at least 4 members (excludes halogenated alkanes) is 7. The first-order chi connectivity index (χ1) is 29.2. The predicted octanol–water partition coefficient (Wildman–Crippen LogP) is 17.1. The summed E-state index contributed by atoms with van der Waals surface area (Å²) in [6.45, 7) is 17.5. The number of imide groups is 1. The van der Waals surface area contributed by atoms with E-state index in [1.54, 1.807) is 45.3 Å². The second-order valence-electron chi connectivity index (χ2n) is 16.7. The van der Waals surface area contributed by atoms with Gasteiger partial charge in [-0.3, -0.25) is 14.5 Å². The molecule has 60 heavy (non-hydrogen) atoms. The number of hydrogen-bond donors (Lipinski definition) is 0. The third-order valence-electron chi connectivity index (χ3n) is 12.1. The van der Waals surface area contributed by atoms with E-state index in [0.29, 0.717) is 42.7 Å². The Balaban J connectivity index is 1.27. The lowest BCUT2D eigenvalue weighted by Gasteiger charge is -2.19. The molecule has 10 heteroatoms. The highest BCUT2D eigenvalue weighted by Crippen LogP contribution is 2.54. The Morgan fingerprint density at radius 3 is 1.65 bits per heavy atom. The van der Waals surface area contributed by atoms with Gasteiger partial charge in [0.2, 0.25) is 0 Å². The summed E-state index contributed by atoms with van der Waals surface area (Å²) in [7, 11) is 0. The first-order valence-corrected chi connectivity index (χ1v) is 26.7. The molecule has 322 valence electrons. The van der Waals surface area contributed by atoms with Crippen LogP contribution in [0.4, 0.5) is 0 Å². The smallest absolute Gasteiger partial charge is 0.263 e. The second-order valence-corrected chi connectivity index (χ2v) is 22.4.